The molecule has 0 aliphatic carbocycles. The molecule has 1 aliphatic rings. The van der Waals surface area contributed by atoms with Crippen molar-refractivity contribution in [2.24, 2.45) is 0 Å². The minimum Gasteiger partial charge on any atom is -0.486 e. The van der Waals surface area contributed by atoms with Gasteiger partial charge in [-0.2, -0.15) is 0 Å². The number of ether oxygens (including phenoxy) is 2. The summed E-state index contributed by atoms with van der Waals surface area (Å²) in [4.78, 5) is 10.7. The zero-order chi connectivity index (χ0) is 13.7. The maximum Gasteiger partial charge on any atom is 0.216 e. The van der Waals surface area contributed by atoms with Gasteiger partial charge in [0.25, 0.3) is 0 Å². The Balaban J connectivity index is 1.88. The Hall–Kier alpha value is -1.75. The van der Waals surface area contributed by atoms with Gasteiger partial charge in [-0.1, -0.05) is 6.07 Å². The van der Waals surface area contributed by atoms with Gasteiger partial charge < -0.3 is 20.1 Å². The normalized spacial score (nSPS) is 14.8. The molecule has 0 radical (unpaired) electrons. The minimum atomic E-state index is -0.00576. The Kier molecular flexibility index (Phi) is 4.63. The smallest absolute Gasteiger partial charge is 0.216 e. The van der Waals surface area contributed by atoms with Crippen molar-refractivity contribution >= 4 is 5.91 Å². The van der Waals surface area contributed by atoms with Crippen molar-refractivity contribution in [3.63, 3.8) is 0 Å². The summed E-state index contributed by atoms with van der Waals surface area (Å²) in [6.07, 6.45) is 0. The molecule has 1 aliphatic heterocycles. The van der Waals surface area contributed by atoms with E-state index in [0.717, 1.165) is 23.6 Å². The van der Waals surface area contributed by atoms with Crippen LogP contribution >= 0.6 is 0 Å². The van der Waals surface area contributed by atoms with Gasteiger partial charge in [0.1, 0.15) is 13.2 Å². The summed E-state index contributed by atoms with van der Waals surface area (Å²) in [5.41, 5.74) is 1.15. The molecular weight excluding hydrogens is 244 g/mol. The third-order valence-corrected chi connectivity index (χ3v) is 3.02. The van der Waals surface area contributed by atoms with E-state index in [1.807, 2.05) is 18.2 Å². The summed E-state index contributed by atoms with van der Waals surface area (Å²) in [6, 6.07) is 6.17. The highest BCUT2D eigenvalue weighted by Gasteiger charge is 2.14. The second-order valence-electron chi connectivity index (χ2n) is 4.56. The second-order valence-corrected chi connectivity index (χ2v) is 4.56. The third-order valence-electron chi connectivity index (χ3n) is 3.02. The van der Waals surface area contributed by atoms with Crippen molar-refractivity contribution in [3.8, 4) is 11.5 Å². The van der Waals surface area contributed by atoms with Crippen molar-refractivity contribution < 1.29 is 14.3 Å². The van der Waals surface area contributed by atoms with Gasteiger partial charge in [0.05, 0.1) is 0 Å². The van der Waals surface area contributed by atoms with Crippen molar-refractivity contribution in [2.75, 3.05) is 26.3 Å². The molecule has 1 heterocycles. The highest BCUT2D eigenvalue weighted by Crippen LogP contribution is 2.32. The van der Waals surface area contributed by atoms with Crippen LogP contribution in [0.5, 0.6) is 11.5 Å². The molecular formula is C14H20N2O3. The summed E-state index contributed by atoms with van der Waals surface area (Å²) < 4.78 is 11.1. The van der Waals surface area contributed by atoms with Crippen LogP contribution in [0.4, 0.5) is 0 Å². The molecule has 0 bridgehead atoms. The van der Waals surface area contributed by atoms with Gasteiger partial charge in [-0.15, -0.1) is 0 Å². The molecule has 5 nitrogen and oxygen atoms in total. The number of hydrogen-bond acceptors (Lipinski definition) is 4. The molecule has 2 rings (SSSR count). The van der Waals surface area contributed by atoms with E-state index in [4.69, 9.17) is 9.47 Å². The summed E-state index contributed by atoms with van der Waals surface area (Å²) in [6.45, 7) is 6.17. The maximum atomic E-state index is 10.7. The number of benzene rings is 1. The Labute approximate surface area is 113 Å². The van der Waals surface area contributed by atoms with Crippen LogP contribution in [-0.4, -0.2) is 32.2 Å². The van der Waals surface area contributed by atoms with Crippen LogP contribution in [-0.2, 0) is 4.79 Å². The zero-order valence-electron chi connectivity index (χ0n) is 11.4. The van der Waals surface area contributed by atoms with Gasteiger partial charge in [-0.3, -0.25) is 4.79 Å². The molecule has 104 valence electrons. The first-order chi connectivity index (χ1) is 9.16. The SMILES string of the molecule is CC(=O)NCCNC(C)c1ccc2c(c1)OCCO2. The Morgan fingerprint density at radius 2 is 2.00 bits per heavy atom. The summed E-state index contributed by atoms with van der Waals surface area (Å²) in [5, 5.41) is 6.11. The topological polar surface area (TPSA) is 59.6 Å². The molecule has 1 aromatic rings. The van der Waals surface area contributed by atoms with Gasteiger partial charge in [-0.25, -0.2) is 0 Å². The molecule has 2 N–H and O–H groups in total. The first kappa shape index (κ1) is 13.7. The molecule has 19 heavy (non-hydrogen) atoms. The number of fused-ring (bicyclic) bond motifs is 1. The average molecular weight is 264 g/mol. The van der Waals surface area contributed by atoms with Gasteiger partial charge in [-0.05, 0) is 24.6 Å². The lowest BCUT2D eigenvalue weighted by Gasteiger charge is -2.21. The molecule has 1 unspecified atom stereocenters. The molecule has 0 saturated heterocycles. The Morgan fingerprint density at radius 3 is 2.74 bits per heavy atom. The standard InChI is InChI=1S/C14H20N2O3/c1-10(15-5-6-16-11(2)17)12-3-4-13-14(9-12)19-8-7-18-13/h3-4,9-10,15H,5-8H2,1-2H3,(H,16,17). The summed E-state index contributed by atoms with van der Waals surface area (Å²) >= 11 is 0. The lowest BCUT2D eigenvalue weighted by atomic mass is 10.1. The molecule has 0 aromatic heterocycles. The van der Waals surface area contributed by atoms with Crippen molar-refractivity contribution in [3.05, 3.63) is 23.8 Å². The highest BCUT2D eigenvalue weighted by atomic mass is 16.6. The maximum absolute atomic E-state index is 10.7. The minimum absolute atomic E-state index is 0.00576. The number of carbonyl (C=O) groups is 1. The van der Waals surface area contributed by atoms with E-state index in [-0.39, 0.29) is 11.9 Å². The van der Waals surface area contributed by atoms with Crippen LogP contribution < -0.4 is 20.1 Å². The van der Waals surface area contributed by atoms with Crippen LogP contribution in [0.25, 0.3) is 0 Å². The molecule has 1 atom stereocenters. The first-order valence-corrected chi connectivity index (χ1v) is 6.54. The van der Waals surface area contributed by atoms with Crippen LogP contribution in [0.15, 0.2) is 18.2 Å². The largest absolute Gasteiger partial charge is 0.486 e. The predicted octanol–water partition coefficient (Wildman–Crippen LogP) is 1.24. The van der Waals surface area contributed by atoms with Crippen LogP contribution in [0.1, 0.15) is 25.5 Å². The van der Waals surface area contributed by atoms with Crippen molar-refractivity contribution in [1.82, 2.24) is 10.6 Å². The number of hydrogen-bond donors (Lipinski definition) is 2. The molecule has 0 saturated carbocycles. The van der Waals surface area contributed by atoms with Crippen molar-refractivity contribution in [2.45, 2.75) is 19.9 Å². The van der Waals surface area contributed by atoms with E-state index in [1.165, 1.54) is 6.92 Å². The lowest BCUT2D eigenvalue weighted by molar-refractivity contribution is -0.118. The van der Waals surface area contributed by atoms with Crippen molar-refractivity contribution in [1.29, 1.82) is 0 Å². The fraction of sp³-hybridized carbons (Fsp3) is 0.500. The number of nitrogens with one attached hydrogen (secondary N) is 2. The van der Waals surface area contributed by atoms with E-state index in [0.29, 0.717) is 19.8 Å². The first-order valence-electron chi connectivity index (χ1n) is 6.54. The fourth-order valence-electron chi connectivity index (χ4n) is 1.97. The van der Waals surface area contributed by atoms with E-state index in [9.17, 15) is 4.79 Å². The van der Waals surface area contributed by atoms with E-state index < -0.39 is 0 Å². The Bertz CT molecular complexity index is 448. The molecule has 1 aromatic carbocycles. The summed E-state index contributed by atoms with van der Waals surface area (Å²) in [5.74, 6) is 1.61. The van der Waals surface area contributed by atoms with Crippen LogP contribution in [0, 0.1) is 0 Å². The fourth-order valence-corrected chi connectivity index (χ4v) is 1.97. The lowest BCUT2D eigenvalue weighted by Crippen LogP contribution is -2.31. The van der Waals surface area contributed by atoms with Gasteiger partial charge in [0.15, 0.2) is 11.5 Å². The molecule has 5 heteroatoms. The third kappa shape index (κ3) is 3.86. The second kappa shape index (κ2) is 6.43. The van der Waals surface area contributed by atoms with E-state index in [2.05, 4.69) is 17.6 Å². The van der Waals surface area contributed by atoms with Gasteiger partial charge >= 0.3 is 0 Å². The molecule has 1 amide bonds. The number of amides is 1. The molecule has 0 fully saturated rings. The molecule has 0 spiro atoms. The number of rotatable bonds is 5. The monoisotopic (exact) mass is 264 g/mol. The van der Waals surface area contributed by atoms with Gasteiger partial charge in [0, 0.05) is 26.1 Å². The van der Waals surface area contributed by atoms with Crippen LogP contribution in [0.3, 0.4) is 0 Å². The summed E-state index contributed by atoms with van der Waals surface area (Å²) in [7, 11) is 0. The highest BCUT2D eigenvalue weighted by molar-refractivity contribution is 5.72. The van der Waals surface area contributed by atoms with Crippen LogP contribution in [0.2, 0.25) is 0 Å². The quantitative estimate of drug-likeness (QED) is 0.786. The zero-order valence-corrected chi connectivity index (χ0v) is 11.4. The van der Waals surface area contributed by atoms with E-state index >= 15 is 0 Å². The Morgan fingerprint density at radius 1 is 1.26 bits per heavy atom. The van der Waals surface area contributed by atoms with E-state index in [1.54, 1.807) is 0 Å². The predicted molar refractivity (Wildman–Crippen MR) is 72.5 cm³/mol. The average Bonchev–Trinajstić information content (AvgIpc) is 2.42. The number of carbonyl (C=O) groups excluding carboxylic acids is 1. The van der Waals surface area contributed by atoms with Gasteiger partial charge in [0.2, 0.25) is 5.91 Å².